The Bertz CT molecular complexity index is 1190. The summed E-state index contributed by atoms with van der Waals surface area (Å²) in [5.74, 6) is -0.264. The zero-order valence-electron chi connectivity index (χ0n) is 16.6. The van der Waals surface area contributed by atoms with Crippen molar-refractivity contribution in [3.05, 3.63) is 96.2 Å². The second kappa shape index (κ2) is 7.84. The molecule has 4 nitrogen and oxygen atoms in total. The summed E-state index contributed by atoms with van der Waals surface area (Å²) in [6.45, 7) is 5.00. The molecule has 2 aromatic heterocycles. The standard InChI is InChI=1S/C25H22FN3O/c1-17(22-6-2-4-14-27-22)18-8-13-23-21(16-18)25(24-7-3-5-15-30-24)28-29(23)20-11-9-19(26)10-12-20/h2,4,6,8-14,16,24H,1,3,5,7,15H2. The summed E-state index contributed by atoms with van der Waals surface area (Å²) in [5, 5.41) is 5.94. The number of aromatic nitrogens is 3. The Morgan fingerprint density at radius 3 is 2.67 bits per heavy atom. The molecule has 0 aliphatic carbocycles. The number of fused-ring (bicyclic) bond motifs is 1. The molecule has 0 N–H and O–H groups in total. The lowest BCUT2D eigenvalue weighted by molar-refractivity contribution is 0.0130. The molecule has 0 saturated carbocycles. The first-order valence-electron chi connectivity index (χ1n) is 10.2. The topological polar surface area (TPSA) is 39.9 Å². The second-order valence-corrected chi connectivity index (χ2v) is 7.55. The first kappa shape index (κ1) is 18.7. The van der Waals surface area contributed by atoms with Crippen LogP contribution in [-0.2, 0) is 4.74 Å². The average Bonchev–Trinajstić information content (AvgIpc) is 3.19. The van der Waals surface area contributed by atoms with Gasteiger partial charge in [0.1, 0.15) is 11.9 Å². The van der Waals surface area contributed by atoms with Crippen LogP contribution in [0.4, 0.5) is 4.39 Å². The summed E-state index contributed by atoms with van der Waals surface area (Å²) in [6.07, 6.45) is 4.87. The number of benzene rings is 2. The molecule has 3 heterocycles. The summed E-state index contributed by atoms with van der Waals surface area (Å²) in [6, 6.07) is 18.4. The van der Waals surface area contributed by atoms with Crippen LogP contribution >= 0.6 is 0 Å². The van der Waals surface area contributed by atoms with E-state index in [1.807, 2.05) is 35.0 Å². The van der Waals surface area contributed by atoms with E-state index in [2.05, 4.69) is 17.6 Å². The molecule has 150 valence electrons. The van der Waals surface area contributed by atoms with Crippen molar-refractivity contribution in [1.29, 1.82) is 0 Å². The van der Waals surface area contributed by atoms with Gasteiger partial charge in [0.25, 0.3) is 0 Å². The smallest absolute Gasteiger partial charge is 0.123 e. The minimum Gasteiger partial charge on any atom is -0.372 e. The molecule has 0 bridgehead atoms. The lowest BCUT2D eigenvalue weighted by atomic mass is 9.99. The highest BCUT2D eigenvalue weighted by molar-refractivity contribution is 5.89. The lowest BCUT2D eigenvalue weighted by Gasteiger charge is -2.21. The van der Waals surface area contributed by atoms with Gasteiger partial charge in [-0.05, 0) is 73.4 Å². The van der Waals surface area contributed by atoms with Gasteiger partial charge in [0.05, 0.1) is 22.6 Å². The Morgan fingerprint density at radius 2 is 1.93 bits per heavy atom. The largest absolute Gasteiger partial charge is 0.372 e. The normalized spacial score (nSPS) is 16.6. The monoisotopic (exact) mass is 399 g/mol. The number of hydrogen-bond donors (Lipinski definition) is 0. The van der Waals surface area contributed by atoms with Crippen LogP contribution in [0.1, 0.15) is 42.3 Å². The molecule has 1 unspecified atom stereocenters. The third-order valence-electron chi connectivity index (χ3n) is 5.59. The van der Waals surface area contributed by atoms with Gasteiger partial charge in [0, 0.05) is 23.8 Å². The van der Waals surface area contributed by atoms with Gasteiger partial charge in [-0.3, -0.25) is 4.98 Å². The van der Waals surface area contributed by atoms with Gasteiger partial charge in [0.2, 0.25) is 0 Å². The summed E-state index contributed by atoms with van der Waals surface area (Å²) >= 11 is 0. The van der Waals surface area contributed by atoms with Crippen molar-refractivity contribution in [1.82, 2.24) is 14.8 Å². The molecule has 30 heavy (non-hydrogen) atoms. The van der Waals surface area contributed by atoms with Crippen LogP contribution in [0.15, 0.2) is 73.4 Å². The number of rotatable bonds is 4. The molecule has 1 aliphatic rings. The van der Waals surface area contributed by atoms with E-state index in [-0.39, 0.29) is 11.9 Å². The van der Waals surface area contributed by atoms with Gasteiger partial charge in [-0.15, -0.1) is 0 Å². The predicted molar refractivity (Wildman–Crippen MR) is 116 cm³/mol. The van der Waals surface area contributed by atoms with E-state index in [4.69, 9.17) is 9.84 Å². The Balaban J connectivity index is 1.65. The van der Waals surface area contributed by atoms with E-state index in [0.717, 1.165) is 65.0 Å². The van der Waals surface area contributed by atoms with Crippen molar-refractivity contribution >= 4 is 16.5 Å². The van der Waals surface area contributed by atoms with Gasteiger partial charge in [-0.25, -0.2) is 9.07 Å². The maximum Gasteiger partial charge on any atom is 0.123 e. The highest BCUT2D eigenvalue weighted by Gasteiger charge is 2.24. The van der Waals surface area contributed by atoms with E-state index >= 15 is 0 Å². The third kappa shape index (κ3) is 3.42. The van der Waals surface area contributed by atoms with Gasteiger partial charge in [-0.1, -0.05) is 18.7 Å². The van der Waals surface area contributed by atoms with E-state index < -0.39 is 0 Å². The number of nitrogens with zero attached hydrogens (tertiary/aromatic N) is 3. The van der Waals surface area contributed by atoms with Crippen LogP contribution in [0, 0.1) is 5.82 Å². The maximum absolute atomic E-state index is 13.5. The molecule has 1 atom stereocenters. The first-order chi connectivity index (χ1) is 14.7. The molecule has 0 radical (unpaired) electrons. The summed E-state index contributed by atoms with van der Waals surface area (Å²) in [7, 11) is 0. The van der Waals surface area contributed by atoms with Crippen LogP contribution in [0.3, 0.4) is 0 Å². The Hall–Kier alpha value is -3.31. The number of pyridine rings is 1. The first-order valence-corrected chi connectivity index (χ1v) is 10.2. The third-order valence-corrected chi connectivity index (χ3v) is 5.59. The zero-order valence-corrected chi connectivity index (χ0v) is 16.6. The molecule has 5 rings (SSSR count). The Morgan fingerprint density at radius 1 is 1.07 bits per heavy atom. The number of hydrogen-bond acceptors (Lipinski definition) is 3. The number of halogens is 1. The highest BCUT2D eigenvalue weighted by atomic mass is 19.1. The molecule has 1 saturated heterocycles. The van der Waals surface area contributed by atoms with Gasteiger partial charge in [0.15, 0.2) is 0 Å². The van der Waals surface area contributed by atoms with Crippen molar-refractivity contribution in [2.75, 3.05) is 6.61 Å². The summed E-state index contributed by atoms with van der Waals surface area (Å²) in [4.78, 5) is 4.43. The van der Waals surface area contributed by atoms with E-state index in [1.165, 1.54) is 12.1 Å². The summed E-state index contributed by atoms with van der Waals surface area (Å²) in [5.41, 5.74) is 5.41. The van der Waals surface area contributed by atoms with E-state index in [0.29, 0.717) is 0 Å². The van der Waals surface area contributed by atoms with E-state index in [9.17, 15) is 4.39 Å². The fourth-order valence-electron chi connectivity index (χ4n) is 3.99. The van der Waals surface area contributed by atoms with Crippen LogP contribution in [0.5, 0.6) is 0 Å². The van der Waals surface area contributed by atoms with Crippen molar-refractivity contribution in [2.45, 2.75) is 25.4 Å². The molecule has 1 fully saturated rings. The molecule has 2 aromatic carbocycles. The molecule has 1 aliphatic heterocycles. The SMILES string of the molecule is C=C(c1ccc2c(c1)c(C1CCCCO1)nn2-c1ccc(F)cc1)c1ccccn1. The van der Waals surface area contributed by atoms with E-state index in [1.54, 1.807) is 18.3 Å². The number of ether oxygens (including phenoxy) is 1. The Labute approximate surface area is 174 Å². The fraction of sp³-hybridized carbons (Fsp3) is 0.200. The van der Waals surface area contributed by atoms with Crippen LogP contribution in [0.25, 0.3) is 22.2 Å². The van der Waals surface area contributed by atoms with Crippen molar-refractivity contribution in [2.24, 2.45) is 0 Å². The molecule has 5 heteroatoms. The molecular weight excluding hydrogens is 377 g/mol. The van der Waals surface area contributed by atoms with Crippen LogP contribution in [-0.4, -0.2) is 21.4 Å². The maximum atomic E-state index is 13.5. The zero-order chi connectivity index (χ0) is 20.5. The van der Waals surface area contributed by atoms with Crippen LogP contribution < -0.4 is 0 Å². The molecule has 4 aromatic rings. The lowest BCUT2D eigenvalue weighted by Crippen LogP contribution is -2.12. The van der Waals surface area contributed by atoms with Gasteiger partial charge in [-0.2, -0.15) is 5.10 Å². The van der Waals surface area contributed by atoms with Crippen LogP contribution in [0.2, 0.25) is 0 Å². The Kier molecular flexibility index (Phi) is 4.89. The van der Waals surface area contributed by atoms with Gasteiger partial charge < -0.3 is 4.74 Å². The minimum atomic E-state index is -0.264. The molecule has 0 amide bonds. The summed E-state index contributed by atoms with van der Waals surface area (Å²) < 4.78 is 21.4. The van der Waals surface area contributed by atoms with Crippen molar-refractivity contribution < 1.29 is 9.13 Å². The quantitative estimate of drug-likeness (QED) is 0.431. The van der Waals surface area contributed by atoms with Crippen molar-refractivity contribution in [3.63, 3.8) is 0 Å². The fourth-order valence-corrected chi connectivity index (χ4v) is 3.99. The van der Waals surface area contributed by atoms with Crippen molar-refractivity contribution in [3.8, 4) is 5.69 Å². The highest BCUT2D eigenvalue weighted by Crippen LogP contribution is 2.35. The molecule has 0 spiro atoms. The average molecular weight is 399 g/mol. The second-order valence-electron chi connectivity index (χ2n) is 7.55. The minimum absolute atomic E-state index is 0.0405. The molecular formula is C25H22FN3O. The van der Waals surface area contributed by atoms with Gasteiger partial charge >= 0.3 is 0 Å². The predicted octanol–water partition coefficient (Wildman–Crippen LogP) is 5.86.